The minimum Gasteiger partial charge on any atom is -0.356 e. The summed E-state index contributed by atoms with van der Waals surface area (Å²) >= 11 is 0. The molecule has 9 heteroatoms. The topological polar surface area (TPSA) is 83.0 Å². The van der Waals surface area contributed by atoms with E-state index in [0.29, 0.717) is 29.7 Å². The number of nitrogens with zero attached hydrogens (tertiary/aromatic N) is 3. The van der Waals surface area contributed by atoms with Crippen LogP contribution in [0.25, 0.3) is 22.0 Å². The van der Waals surface area contributed by atoms with Crippen molar-refractivity contribution in [2.75, 3.05) is 11.4 Å². The van der Waals surface area contributed by atoms with Crippen molar-refractivity contribution in [3.05, 3.63) is 75.5 Å². The van der Waals surface area contributed by atoms with Crippen molar-refractivity contribution in [3.8, 4) is 11.1 Å². The molecule has 5 heterocycles. The van der Waals surface area contributed by atoms with Crippen LogP contribution in [0.1, 0.15) is 27.9 Å². The number of hydrogen-bond donors (Lipinski definition) is 2. The summed E-state index contributed by atoms with van der Waals surface area (Å²) in [5, 5.41) is 3.65. The normalized spacial score (nSPS) is 15.0. The van der Waals surface area contributed by atoms with E-state index in [1.165, 1.54) is 4.57 Å². The first-order valence-corrected chi connectivity index (χ1v) is 10.7. The molecule has 2 aliphatic rings. The van der Waals surface area contributed by atoms with Gasteiger partial charge >= 0.3 is 0 Å². The fraction of sp³-hybridized carbons (Fsp3) is 0.208. The smallest absolute Gasteiger partial charge is 0.274 e. The van der Waals surface area contributed by atoms with Crippen LogP contribution < -0.4 is 15.8 Å². The summed E-state index contributed by atoms with van der Waals surface area (Å²) < 4.78 is 30.1. The predicted octanol–water partition coefficient (Wildman–Crippen LogP) is 3.53. The van der Waals surface area contributed by atoms with E-state index in [1.807, 2.05) is 6.07 Å². The van der Waals surface area contributed by atoms with Crippen LogP contribution >= 0.6 is 0 Å². The van der Waals surface area contributed by atoms with E-state index in [4.69, 9.17) is 0 Å². The Kier molecular flexibility index (Phi) is 4.17. The second-order valence-corrected chi connectivity index (χ2v) is 8.45. The molecule has 7 nitrogen and oxygen atoms in total. The lowest BCUT2D eigenvalue weighted by Crippen LogP contribution is -2.24. The molecular weight excluding hydrogens is 428 g/mol. The predicted molar refractivity (Wildman–Crippen MR) is 120 cm³/mol. The number of pyridine rings is 2. The zero-order chi connectivity index (χ0) is 22.9. The first-order chi connectivity index (χ1) is 15.9. The fourth-order valence-electron chi connectivity index (χ4n) is 4.88. The number of aryl methyl sites for hydroxylation is 2. The summed E-state index contributed by atoms with van der Waals surface area (Å²) in [6.45, 7) is 0.755. The van der Waals surface area contributed by atoms with Gasteiger partial charge in [0.1, 0.15) is 11.3 Å². The molecule has 0 aliphatic carbocycles. The van der Waals surface area contributed by atoms with E-state index in [1.54, 1.807) is 30.4 Å². The highest BCUT2D eigenvalue weighted by Crippen LogP contribution is 2.44. The molecule has 166 valence electrons. The summed E-state index contributed by atoms with van der Waals surface area (Å²) in [6, 6.07) is 4.49. The first kappa shape index (κ1) is 19.7. The lowest BCUT2D eigenvalue weighted by atomic mass is 9.94. The summed E-state index contributed by atoms with van der Waals surface area (Å²) in [6.07, 6.45) is 5.97. The lowest BCUT2D eigenvalue weighted by Gasteiger charge is -2.26. The van der Waals surface area contributed by atoms with Crippen LogP contribution in [-0.2, 0) is 20.0 Å². The number of nitrogens with one attached hydrogen (secondary N) is 2. The van der Waals surface area contributed by atoms with Crippen LogP contribution in [0.5, 0.6) is 0 Å². The summed E-state index contributed by atoms with van der Waals surface area (Å²) in [4.78, 5) is 34.3. The molecular formula is C24H19F2N5O2. The molecule has 1 aromatic carbocycles. The van der Waals surface area contributed by atoms with E-state index < -0.39 is 11.6 Å². The second kappa shape index (κ2) is 6.99. The number of anilines is 2. The molecule has 0 saturated carbocycles. The highest BCUT2D eigenvalue weighted by atomic mass is 19.1. The van der Waals surface area contributed by atoms with E-state index in [2.05, 4.69) is 15.3 Å². The molecule has 6 rings (SSSR count). The van der Waals surface area contributed by atoms with E-state index >= 15 is 0 Å². The number of rotatable bonds is 1. The van der Waals surface area contributed by atoms with Gasteiger partial charge in [0, 0.05) is 54.1 Å². The third-order valence-corrected chi connectivity index (χ3v) is 6.42. The zero-order valence-corrected chi connectivity index (χ0v) is 17.7. The van der Waals surface area contributed by atoms with Crippen molar-refractivity contribution in [1.29, 1.82) is 0 Å². The molecule has 3 aromatic heterocycles. The fourth-order valence-corrected chi connectivity index (χ4v) is 4.88. The Morgan fingerprint density at radius 2 is 1.91 bits per heavy atom. The molecule has 0 bridgehead atoms. The van der Waals surface area contributed by atoms with Crippen LogP contribution in [-0.4, -0.2) is 27.0 Å². The first-order valence-electron chi connectivity index (χ1n) is 10.7. The van der Waals surface area contributed by atoms with Crippen molar-refractivity contribution in [1.82, 2.24) is 19.9 Å². The van der Waals surface area contributed by atoms with Gasteiger partial charge in [-0.3, -0.25) is 9.59 Å². The summed E-state index contributed by atoms with van der Waals surface area (Å²) in [5.74, 6) is -1.83. The number of amides is 1. The molecule has 1 amide bonds. The number of aromatic nitrogens is 3. The number of carbonyl (C=O) groups is 1. The number of H-pyrrole nitrogens is 1. The number of hydrogen-bond acceptors (Lipinski definition) is 4. The van der Waals surface area contributed by atoms with Gasteiger partial charge in [0.15, 0.2) is 11.6 Å². The van der Waals surface area contributed by atoms with Crippen LogP contribution in [0.3, 0.4) is 0 Å². The van der Waals surface area contributed by atoms with Gasteiger partial charge in [-0.15, -0.1) is 0 Å². The van der Waals surface area contributed by atoms with E-state index in [9.17, 15) is 18.4 Å². The third kappa shape index (κ3) is 2.88. The van der Waals surface area contributed by atoms with Gasteiger partial charge in [0.05, 0.1) is 18.4 Å². The molecule has 0 atom stereocenters. The van der Waals surface area contributed by atoms with Crippen LogP contribution in [0.15, 0.2) is 41.6 Å². The van der Waals surface area contributed by atoms with Gasteiger partial charge in [0.25, 0.3) is 11.5 Å². The maximum absolute atomic E-state index is 14.9. The Bertz CT molecular complexity index is 1540. The van der Waals surface area contributed by atoms with Crippen molar-refractivity contribution in [3.63, 3.8) is 0 Å². The Labute approximate surface area is 186 Å². The Balaban J connectivity index is 1.72. The number of aromatic amines is 1. The number of fused-ring (bicyclic) bond motifs is 3. The number of halogens is 2. The lowest BCUT2D eigenvalue weighted by molar-refractivity contribution is 0.0956. The van der Waals surface area contributed by atoms with Gasteiger partial charge in [-0.05, 0) is 36.1 Å². The van der Waals surface area contributed by atoms with Crippen molar-refractivity contribution in [2.24, 2.45) is 7.05 Å². The minimum absolute atomic E-state index is 0.0551. The Morgan fingerprint density at radius 3 is 2.73 bits per heavy atom. The zero-order valence-electron chi connectivity index (χ0n) is 17.7. The maximum Gasteiger partial charge on any atom is 0.274 e. The number of carbonyl (C=O) groups excluding carboxylic acids is 1. The van der Waals surface area contributed by atoms with Crippen LogP contribution in [0, 0.1) is 11.6 Å². The third-order valence-electron chi connectivity index (χ3n) is 6.42. The highest BCUT2D eigenvalue weighted by molar-refractivity contribution is 6.05. The Hall–Kier alpha value is -4.01. The summed E-state index contributed by atoms with van der Waals surface area (Å²) in [7, 11) is 1.68. The van der Waals surface area contributed by atoms with Gasteiger partial charge in [-0.2, -0.15) is 0 Å². The molecule has 0 saturated heterocycles. The standard InChI is InChI=1S/C24H19F2N5O2/c1-30-11-17-16-5-12-3-2-4-27-23(32)15(12)7-19(16)31(22-18(26)6-14(25)9-29-22)10-13-8-28-21(20(13)17)24(30)33/h5-9,11,28H,2-4,10H2,1H3,(H,27,32). The van der Waals surface area contributed by atoms with Gasteiger partial charge in [0.2, 0.25) is 0 Å². The largest absolute Gasteiger partial charge is 0.356 e. The minimum atomic E-state index is -0.812. The van der Waals surface area contributed by atoms with Crippen molar-refractivity contribution in [2.45, 2.75) is 19.4 Å². The Morgan fingerprint density at radius 1 is 1.06 bits per heavy atom. The second-order valence-electron chi connectivity index (χ2n) is 8.45. The summed E-state index contributed by atoms with van der Waals surface area (Å²) in [5.41, 5.74) is 4.60. The molecule has 0 spiro atoms. The maximum atomic E-state index is 14.9. The molecule has 0 radical (unpaired) electrons. The quantitative estimate of drug-likeness (QED) is 0.468. The average Bonchev–Trinajstić information content (AvgIpc) is 3.06. The van der Waals surface area contributed by atoms with Gasteiger partial charge in [-0.25, -0.2) is 13.8 Å². The van der Waals surface area contributed by atoms with Gasteiger partial charge in [-0.1, -0.05) is 0 Å². The highest BCUT2D eigenvalue weighted by Gasteiger charge is 2.30. The number of benzene rings is 1. The SMILES string of the molecule is Cn1cc2c3c(c[nH]c3c1=O)CN(c1ncc(F)cc1F)c1cc3c(cc1-2)CCCNC3=O. The molecule has 2 N–H and O–H groups in total. The molecule has 33 heavy (non-hydrogen) atoms. The monoisotopic (exact) mass is 447 g/mol. The van der Waals surface area contributed by atoms with Crippen LogP contribution in [0.4, 0.5) is 20.3 Å². The van der Waals surface area contributed by atoms with Crippen molar-refractivity contribution >= 4 is 28.3 Å². The van der Waals surface area contributed by atoms with Crippen molar-refractivity contribution < 1.29 is 13.6 Å². The van der Waals surface area contributed by atoms with E-state index in [0.717, 1.165) is 46.3 Å². The average molecular weight is 447 g/mol. The molecule has 4 aromatic rings. The van der Waals surface area contributed by atoms with E-state index in [-0.39, 0.29) is 23.8 Å². The molecule has 2 aliphatic heterocycles. The molecule has 0 unspecified atom stereocenters. The van der Waals surface area contributed by atoms with Crippen LogP contribution in [0.2, 0.25) is 0 Å². The molecule has 0 fully saturated rings. The van der Waals surface area contributed by atoms with Gasteiger partial charge < -0.3 is 19.8 Å².